The van der Waals surface area contributed by atoms with E-state index < -0.39 is 5.97 Å². The van der Waals surface area contributed by atoms with Crippen LogP contribution in [0.3, 0.4) is 0 Å². The van der Waals surface area contributed by atoms with Gasteiger partial charge in [-0.05, 0) is 49.5 Å². The third-order valence-corrected chi connectivity index (χ3v) is 5.20. The Kier molecular flexibility index (Phi) is 4.96. The lowest BCUT2D eigenvalue weighted by molar-refractivity contribution is -0.141. The molecule has 2 atom stereocenters. The summed E-state index contributed by atoms with van der Waals surface area (Å²) in [6, 6.07) is 3.99. The average Bonchev–Trinajstić information content (AvgIpc) is 3.05. The molecule has 0 amide bonds. The monoisotopic (exact) mass is 303 g/mol. The molecule has 1 aromatic rings. The molecule has 3 rings (SSSR count). The topological polar surface area (TPSA) is 59.4 Å². The molecule has 2 saturated carbocycles. The molecule has 0 aromatic carbocycles. The molecule has 0 bridgehead atoms. The van der Waals surface area contributed by atoms with E-state index in [-0.39, 0.29) is 5.92 Å². The summed E-state index contributed by atoms with van der Waals surface area (Å²) in [6.45, 7) is 0.775. The molecule has 2 fully saturated rings. The fraction of sp³-hybridized carbons (Fsp3) is 0.667. The Labute approximate surface area is 131 Å². The van der Waals surface area contributed by atoms with Crippen molar-refractivity contribution in [3.05, 3.63) is 23.9 Å². The maximum Gasteiger partial charge on any atom is 0.306 e. The summed E-state index contributed by atoms with van der Waals surface area (Å²) in [5.74, 6) is 0.861. The van der Waals surface area contributed by atoms with Crippen LogP contribution in [0, 0.1) is 11.8 Å². The standard InChI is InChI=1S/C18H25NO3/c20-18(21)15-7-6-14(10-15)16-8-9-17(19-11-16)22-12-13-4-2-1-3-5-13/h8-9,11,13-15H,1-7,10,12H2,(H,20,21). The second kappa shape index (κ2) is 7.12. The van der Waals surface area contributed by atoms with Crippen molar-refractivity contribution in [2.24, 2.45) is 11.8 Å². The summed E-state index contributed by atoms with van der Waals surface area (Å²) in [7, 11) is 0. The maximum atomic E-state index is 11.0. The van der Waals surface area contributed by atoms with E-state index in [0.717, 1.165) is 31.4 Å². The van der Waals surface area contributed by atoms with Crippen molar-refractivity contribution in [3.63, 3.8) is 0 Å². The summed E-state index contributed by atoms with van der Waals surface area (Å²) in [5.41, 5.74) is 1.15. The molecule has 2 aliphatic carbocycles. The van der Waals surface area contributed by atoms with Crippen molar-refractivity contribution in [2.45, 2.75) is 57.3 Å². The summed E-state index contributed by atoms with van der Waals surface area (Å²) >= 11 is 0. The molecule has 1 N–H and O–H groups in total. The van der Waals surface area contributed by atoms with E-state index >= 15 is 0 Å². The van der Waals surface area contributed by atoms with E-state index in [9.17, 15) is 4.79 Å². The van der Waals surface area contributed by atoms with Gasteiger partial charge < -0.3 is 9.84 Å². The predicted molar refractivity (Wildman–Crippen MR) is 84.0 cm³/mol. The minimum Gasteiger partial charge on any atom is -0.481 e. The van der Waals surface area contributed by atoms with Gasteiger partial charge in [-0.15, -0.1) is 0 Å². The minimum atomic E-state index is -0.664. The van der Waals surface area contributed by atoms with Crippen LogP contribution in [-0.2, 0) is 4.79 Å². The summed E-state index contributed by atoms with van der Waals surface area (Å²) in [6.07, 6.45) is 10.9. The van der Waals surface area contributed by atoms with E-state index in [4.69, 9.17) is 9.84 Å². The molecule has 0 spiro atoms. The van der Waals surface area contributed by atoms with Gasteiger partial charge in [-0.2, -0.15) is 0 Å². The Morgan fingerprint density at radius 2 is 2.00 bits per heavy atom. The normalized spacial score (nSPS) is 26.0. The van der Waals surface area contributed by atoms with Crippen LogP contribution in [0.4, 0.5) is 0 Å². The first-order chi connectivity index (χ1) is 10.7. The number of pyridine rings is 1. The van der Waals surface area contributed by atoms with Crippen molar-refractivity contribution >= 4 is 5.97 Å². The number of aromatic nitrogens is 1. The fourth-order valence-electron chi connectivity index (χ4n) is 3.78. The van der Waals surface area contributed by atoms with Gasteiger partial charge in [-0.1, -0.05) is 25.3 Å². The lowest BCUT2D eigenvalue weighted by Gasteiger charge is -2.21. The van der Waals surface area contributed by atoms with Crippen LogP contribution in [0.25, 0.3) is 0 Å². The van der Waals surface area contributed by atoms with Crippen LogP contribution >= 0.6 is 0 Å². The van der Waals surface area contributed by atoms with Crippen LogP contribution in [0.15, 0.2) is 18.3 Å². The van der Waals surface area contributed by atoms with Gasteiger partial charge in [0.05, 0.1) is 12.5 Å². The number of hydrogen-bond acceptors (Lipinski definition) is 3. The van der Waals surface area contributed by atoms with E-state index in [1.54, 1.807) is 0 Å². The lowest BCUT2D eigenvalue weighted by Crippen LogP contribution is -2.15. The van der Waals surface area contributed by atoms with Crippen LogP contribution in [0.5, 0.6) is 5.88 Å². The van der Waals surface area contributed by atoms with Crippen LogP contribution in [0.2, 0.25) is 0 Å². The molecule has 0 saturated heterocycles. The molecular formula is C18H25NO3. The SMILES string of the molecule is O=C(O)C1CCC(c2ccc(OCC3CCCCC3)nc2)C1. The fourth-order valence-corrected chi connectivity index (χ4v) is 3.78. The number of ether oxygens (including phenoxy) is 1. The zero-order valence-corrected chi connectivity index (χ0v) is 13.0. The quantitative estimate of drug-likeness (QED) is 0.893. The molecular weight excluding hydrogens is 278 g/mol. The van der Waals surface area contributed by atoms with Gasteiger partial charge in [0.2, 0.25) is 5.88 Å². The van der Waals surface area contributed by atoms with Gasteiger partial charge in [-0.3, -0.25) is 4.79 Å². The Morgan fingerprint density at radius 3 is 2.64 bits per heavy atom. The molecule has 0 radical (unpaired) electrons. The molecule has 1 heterocycles. The molecule has 2 unspecified atom stereocenters. The number of aliphatic carboxylic acids is 1. The first-order valence-electron chi connectivity index (χ1n) is 8.54. The van der Waals surface area contributed by atoms with Crippen molar-refractivity contribution in [1.29, 1.82) is 0 Å². The van der Waals surface area contributed by atoms with Crippen molar-refractivity contribution in [3.8, 4) is 5.88 Å². The van der Waals surface area contributed by atoms with Crippen LogP contribution in [-0.4, -0.2) is 22.7 Å². The second-order valence-electron chi connectivity index (χ2n) is 6.79. The number of carboxylic acids is 1. The zero-order valence-electron chi connectivity index (χ0n) is 13.0. The lowest BCUT2D eigenvalue weighted by atomic mass is 9.90. The molecule has 1 aromatic heterocycles. The molecule has 120 valence electrons. The van der Waals surface area contributed by atoms with Gasteiger partial charge in [0, 0.05) is 12.3 Å². The highest BCUT2D eigenvalue weighted by atomic mass is 16.5. The van der Waals surface area contributed by atoms with Gasteiger partial charge >= 0.3 is 5.97 Å². The van der Waals surface area contributed by atoms with Gasteiger partial charge in [0.15, 0.2) is 0 Å². The van der Waals surface area contributed by atoms with E-state index in [1.807, 2.05) is 12.3 Å². The number of hydrogen-bond donors (Lipinski definition) is 1. The van der Waals surface area contributed by atoms with Crippen LogP contribution < -0.4 is 4.74 Å². The summed E-state index contributed by atoms with van der Waals surface area (Å²) in [5, 5.41) is 9.08. The van der Waals surface area contributed by atoms with E-state index in [2.05, 4.69) is 11.1 Å². The number of nitrogens with zero attached hydrogens (tertiary/aromatic N) is 1. The van der Waals surface area contributed by atoms with E-state index in [0.29, 0.717) is 17.7 Å². The maximum absolute atomic E-state index is 11.0. The first kappa shape index (κ1) is 15.3. The number of carboxylic acid groups (broad SMARTS) is 1. The third kappa shape index (κ3) is 3.79. The number of carbonyl (C=O) groups is 1. The van der Waals surface area contributed by atoms with Gasteiger partial charge in [0.1, 0.15) is 0 Å². The highest BCUT2D eigenvalue weighted by Crippen LogP contribution is 2.38. The smallest absolute Gasteiger partial charge is 0.306 e. The van der Waals surface area contributed by atoms with Gasteiger partial charge in [0.25, 0.3) is 0 Å². The average molecular weight is 303 g/mol. The molecule has 4 heteroatoms. The van der Waals surface area contributed by atoms with Gasteiger partial charge in [-0.25, -0.2) is 4.98 Å². The highest BCUT2D eigenvalue weighted by molar-refractivity contribution is 5.70. The Hall–Kier alpha value is -1.58. The van der Waals surface area contributed by atoms with E-state index in [1.165, 1.54) is 32.1 Å². The zero-order chi connectivity index (χ0) is 15.4. The Morgan fingerprint density at radius 1 is 1.18 bits per heavy atom. The van der Waals surface area contributed by atoms with Crippen molar-refractivity contribution in [2.75, 3.05) is 6.61 Å². The number of rotatable bonds is 5. The molecule has 2 aliphatic rings. The third-order valence-electron chi connectivity index (χ3n) is 5.20. The Balaban J connectivity index is 1.51. The second-order valence-corrected chi connectivity index (χ2v) is 6.79. The molecule has 0 aliphatic heterocycles. The molecule has 22 heavy (non-hydrogen) atoms. The predicted octanol–water partition coefficient (Wildman–Crippen LogP) is 4.01. The van der Waals surface area contributed by atoms with Crippen molar-refractivity contribution in [1.82, 2.24) is 4.98 Å². The summed E-state index contributed by atoms with van der Waals surface area (Å²) in [4.78, 5) is 15.4. The summed E-state index contributed by atoms with van der Waals surface area (Å²) < 4.78 is 5.82. The Bertz CT molecular complexity index is 494. The highest BCUT2D eigenvalue weighted by Gasteiger charge is 2.30. The largest absolute Gasteiger partial charge is 0.481 e. The molecule has 4 nitrogen and oxygen atoms in total. The van der Waals surface area contributed by atoms with Crippen LogP contribution in [0.1, 0.15) is 62.8 Å². The first-order valence-corrected chi connectivity index (χ1v) is 8.54. The van der Waals surface area contributed by atoms with Crippen molar-refractivity contribution < 1.29 is 14.6 Å². The minimum absolute atomic E-state index is 0.188.